The zero-order valence-electron chi connectivity index (χ0n) is 17.6. The lowest BCUT2D eigenvalue weighted by atomic mass is 9.86. The van der Waals surface area contributed by atoms with Crippen LogP contribution in [0, 0.1) is 0 Å². The number of para-hydroxylation sites is 2. The largest absolute Gasteiger partial charge is 0.355 e. The average Bonchev–Trinajstić information content (AvgIpc) is 3.23. The Morgan fingerprint density at radius 1 is 0.452 bits per heavy atom. The summed E-state index contributed by atoms with van der Waals surface area (Å²) in [6, 6.07) is 34.7. The number of benzene rings is 5. The predicted octanol–water partition coefficient (Wildman–Crippen LogP) is 8.19. The number of aryl methyl sites for hydroxylation is 2. The van der Waals surface area contributed by atoms with Crippen LogP contribution in [0.15, 0.2) is 97.1 Å². The lowest BCUT2D eigenvalue weighted by Crippen LogP contribution is -2.02. The van der Waals surface area contributed by atoms with Gasteiger partial charge in [-0.25, -0.2) is 0 Å². The number of fused-ring (bicyclic) bond motifs is 8. The van der Waals surface area contributed by atoms with Crippen LogP contribution < -0.4 is 0 Å². The first-order chi connectivity index (χ1) is 15.4. The zero-order valence-corrected chi connectivity index (χ0v) is 17.6. The van der Waals surface area contributed by atoms with Crippen molar-refractivity contribution < 1.29 is 0 Å². The molecule has 1 N–H and O–H groups in total. The highest BCUT2D eigenvalue weighted by atomic mass is 14.7. The maximum atomic E-state index is 3.38. The van der Waals surface area contributed by atoms with Crippen LogP contribution in [0.1, 0.15) is 24.0 Å². The van der Waals surface area contributed by atoms with Crippen LogP contribution in [0.25, 0.3) is 43.4 Å². The average molecular weight is 400 g/mol. The molecule has 1 aliphatic rings. The second-order valence-electron chi connectivity index (χ2n) is 8.51. The molecule has 0 aliphatic heterocycles. The summed E-state index contributed by atoms with van der Waals surface area (Å²) < 4.78 is 0. The van der Waals surface area contributed by atoms with Crippen molar-refractivity contribution in [1.29, 1.82) is 0 Å². The molecule has 0 saturated heterocycles. The Kier molecular flexibility index (Phi) is 4.46. The summed E-state index contributed by atoms with van der Waals surface area (Å²) in [5, 5.41) is 8.25. The van der Waals surface area contributed by atoms with E-state index in [2.05, 4.69) is 102 Å². The van der Waals surface area contributed by atoms with Gasteiger partial charge in [-0.2, -0.15) is 0 Å². The van der Waals surface area contributed by atoms with Crippen LogP contribution in [0.5, 0.6) is 0 Å². The standard InChI is InChI=1S/C18H16.C12H9N/c1-3-7-15-13(5-1)9-11-18-16-8-4-2-6-14(16)10-12-17(15)18;1-3-7-11-9(5-1)10-6-2-4-8-12(10)13-11/h1,3,5,7,9-12H,2,4,6,8H2;1-8,13H. The molecule has 1 nitrogen and oxygen atoms in total. The fourth-order valence-corrected chi connectivity index (χ4v) is 5.14. The summed E-state index contributed by atoms with van der Waals surface area (Å²) >= 11 is 0. The molecule has 0 bridgehead atoms. The van der Waals surface area contributed by atoms with E-state index < -0.39 is 0 Å². The molecule has 1 heteroatoms. The lowest BCUT2D eigenvalue weighted by molar-refractivity contribution is 0.690. The summed E-state index contributed by atoms with van der Waals surface area (Å²) in [6.45, 7) is 0. The van der Waals surface area contributed by atoms with Gasteiger partial charge in [0, 0.05) is 21.8 Å². The minimum absolute atomic E-state index is 1.21. The summed E-state index contributed by atoms with van der Waals surface area (Å²) in [5.74, 6) is 0. The Bertz CT molecular complexity index is 1490. The van der Waals surface area contributed by atoms with Crippen molar-refractivity contribution in [2.75, 3.05) is 0 Å². The van der Waals surface area contributed by atoms with Crippen LogP contribution in [-0.2, 0) is 12.8 Å². The second-order valence-corrected chi connectivity index (χ2v) is 8.51. The number of hydrogen-bond acceptors (Lipinski definition) is 0. The van der Waals surface area contributed by atoms with Gasteiger partial charge in [0.25, 0.3) is 0 Å². The molecule has 7 rings (SSSR count). The molecular weight excluding hydrogens is 374 g/mol. The van der Waals surface area contributed by atoms with E-state index in [0.717, 1.165) is 0 Å². The summed E-state index contributed by atoms with van der Waals surface area (Å²) in [4.78, 5) is 3.38. The van der Waals surface area contributed by atoms with Crippen LogP contribution in [-0.4, -0.2) is 4.98 Å². The zero-order chi connectivity index (χ0) is 20.6. The van der Waals surface area contributed by atoms with Gasteiger partial charge in [0.2, 0.25) is 0 Å². The van der Waals surface area contributed by atoms with Crippen molar-refractivity contribution >= 4 is 43.4 Å². The van der Waals surface area contributed by atoms with Gasteiger partial charge in [0.15, 0.2) is 0 Å². The second kappa shape index (κ2) is 7.59. The maximum absolute atomic E-state index is 3.38. The Morgan fingerprint density at radius 2 is 1.06 bits per heavy atom. The summed E-state index contributed by atoms with van der Waals surface area (Å²) in [6.07, 6.45) is 5.22. The van der Waals surface area contributed by atoms with Crippen molar-refractivity contribution in [2.45, 2.75) is 25.7 Å². The van der Waals surface area contributed by atoms with Crippen LogP contribution >= 0.6 is 0 Å². The minimum atomic E-state index is 1.21. The normalized spacial score (nSPS) is 13.3. The minimum Gasteiger partial charge on any atom is -0.355 e. The molecule has 0 atom stereocenters. The van der Waals surface area contributed by atoms with Crippen molar-refractivity contribution in [3.8, 4) is 0 Å². The van der Waals surface area contributed by atoms with Gasteiger partial charge in [-0.15, -0.1) is 0 Å². The Hall–Kier alpha value is -3.58. The first-order valence-electron chi connectivity index (χ1n) is 11.3. The highest BCUT2D eigenvalue weighted by Crippen LogP contribution is 2.33. The maximum Gasteiger partial charge on any atom is 0.0464 e. The van der Waals surface area contributed by atoms with Crippen molar-refractivity contribution in [3.63, 3.8) is 0 Å². The van der Waals surface area contributed by atoms with E-state index in [1.54, 1.807) is 11.1 Å². The van der Waals surface area contributed by atoms with E-state index in [0.29, 0.717) is 0 Å². The Balaban J connectivity index is 0.000000126. The van der Waals surface area contributed by atoms with E-state index in [9.17, 15) is 0 Å². The van der Waals surface area contributed by atoms with Crippen molar-refractivity contribution in [2.24, 2.45) is 0 Å². The van der Waals surface area contributed by atoms with Crippen molar-refractivity contribution in [3.05, 3.63) is 108 Å². The van der Waals surface area contributed by atoms with E-state index in [-0.39, 0.29) is 0 Å². The Labute approximate surface area is 182 Å². The number of hydrogen-bond donors (Lipinski definition) is 1. The van der Waals surface area contributed by atoms with Gasteiger partial charge in [-0.1, -0.05) is 84.9 Å². The summed E-state index contributed by atoms with van der Waals surface area (Å²) in [7, 11) is 0. The molecule has 1 aromatic heterocycles. The molecule has 0 amide bonds. The van der Waals surface area contributed by atoms with Gasteiger partial charge in [0.1, 0.15) is 0 Å². The number of H-pyrrole nitrogens is 1. The van der Waals surface area contributed by atoms with E-state index in [4.69, 9.17) is 0 Å². The molecule has 5 aromatic carbocycles. The number of aromatic amines is 1. The SMILES string of the molecule is c1ccc2c(c1)[nH]c1ccccc12.c1ccc2c(c1)ccc1c3c(ccc12)CCCC3. The van der Waals surface area contributed by atoms with Gasteiger partial charge >= 0.3 is 0 Å². The number of nitrogens with one attached hydrogen (secondary N) is 1. The molecular formula is C30H25N. The topological polar surface area (TPSA) is 15.8 Å². The first-order valence-corrected chi connectivity index (χ1v) is 11.3. The smallest absolute Gasteiger partial charge is 0.0464 e. The van der Waals surface area contributed by atoms with Gasteiger partial charge in [-0.3, -0.25) is 0 Å². The molecule has 0 spiro atoms. The molecule has 1 aliphatic carbocycles. The fraction of sp³-hybridized carbons (Fsp3) is 0.133. The van der Waals surface area contributed by atoms with Gasteiger partial charge in [-0.05, 0) is 70.5 Å². The quantitative estimate of drug-likeness (QED) is 0.248. The monoisotopic (exact) mass is 399 g/mol. The molecule has 0 radical (unpaired) electrons. The van der Waals surface area contributed by atoms with Crippen LogP contribution in [0.4, 0.5) is 0 Å². The fourth-order valence-electron chi connectivity index (χ4n) is 5.14. The molecule has 0 fully saturated rings. The lowest BCUT2D eigenvalue weighted by Gasteiger charge is -2.18. The molecule has 0 unspecified atom stereocenters. The van der Waals surface area contributed by atoms with Crippen molar-refractivity contribution in [1.82, 2.24) is 4.98 Å². The molecule has 1 heterocycles. The third-order valence-electron chi connectivity index (χ3n) is 6.67. The predicted molar refractivity (Wildman–Crippen MR) is 134 cm³/mol. The Morgan fingerprint density at radius 3 is 1.84 bits per heavy atom. The third-order valence-corrected chi connectivity index (χ3v) is 6.67. The summed E-state index contributed by atoms with van der Waals surface area (Å²) in [5.41, 5.74) is 5.60. The third kappa shape index (κ3) is 3.18. The van der Waals surface area contributed by atoms with Crippen LogP contribution in [0.3, 0.4) is 0 Å². The first kappa shape index (κ1) is 18.2. The molecule has 150 valence electrons. The van der Waals surface area contributed by atoms with Gasteiger partial charge in [0.05, 0.1) is 0 Å². The van der Waals surface area contributed by atoms with E-state index >= 15 is 0 Å². The van der Waals surface area contributed by atoms with E-state index in [1.165, 1.54) is 69.0 Å². The highest BCUT2D eigenvalue weighted by molar-refractivity contribution is 6.09. The van der Waals surface area contributed by atoms with E-state index in [1.807, 2.05) is 0 Å². The molecule has 31 heavy (non-hydrogen) atoms. The number of rotatable bonds is 0. The van der Waals surface area contributed by atoms with Crippen LogP contribution in [0.2, 0.25) is 0 Å². The van der Waals surface area contributed by atoms with Gasteiger partial charge < -0.3 is 4.98 Å². The molecule has 0 saturated carbocycles. The molecule has 6 aromatic rings. The number of aromatic nitrogens is 1. The highest BCUT2D eigenvalue weighted by Gasteiger charge is 2.13.